The zero-order chi connectivity index (χ0) is 25.6. The number of nitro groups is 1. The highest BCUT2D eigenvalue weighted by atomic mass is 32.2. The molecule has 0 saturated carbocycles. The predicted molar refractivity (Wildman–Crippen MR) is 129 cm³/mol. The second kappa shape index (κ2) is 9.21. The lowest BCUT2D eigenvalue weighted by Crippen LogP contribution is -2.21. The summed E-state index contributed by atoms with van der Waals surface area (Å²) in [6, 6.07) is 16.8. The summed E-state index contributed by atoms with van der Waals surface area (Å²) in [5, 5.41) is 13.3. The zero-order valence-electron chi connectivity index (χ0n) is 18.3. The monoisotopic (exact) mass is 511 g/mol. The molecule has 1 heterocycles. The summed E-state index contributed by atoms with van der Waals surface area (Å²) < 4.78 is 67.6. The summed E-state index contributed by atoms with van der Waals surface area (Å²) in [6.07, 6.45) is -0.316. The second-order valence-corrected chi connectivity index (χ2v) is 9.12. The molecule has 4 aromatic rings. The van der Waals surface area contributed by atoms with Crippen LogP contribution in [0.1, 0.15) is 22.8 Å². The van der Waals surface area contributed by atoms with Gasteiger partial charge in [-0.2, -0.15) is 0 Å². The largest absolute Gasteiger partial charge is 0.474 e. The van der Waals surface area contributed by atoms with Gasteiger partial charge in [-0.25, -0.2) is 17.4 Å². The number of fused-ring (bicyclic) bond motifs is 3. The third-order valence-corrected chi connectivity index (χ3v) is 6.52. The van der Waals surface area contributed by atoms with E-state index >= 15 is 0 Å². The summed E-state index contributed by atoms with van der Waals surface area (Å²) in [5.41, 5.74) is 1.69. The quantitative estimate of drug-likeness (QED) is 0.145. The fraction of sp³-hybridized carbons (Fsp3) is 0.0769. The standard InChI is InChI=1S/C26H16F3NO5S/c27-21-12-23(29)22(28)10-20(21)26-24(30(31)32)11-19-18-9-17(6-5-16(18)7-8-25(19)35-26)15-3-1-14(2-4-15)13-36(33)34/h1-12,26H,13H2,(H,33,34). The Kier molecular flexibility index (Phi) is 6.07. The molecule has 0 saturated heterocycles. The van der Waals surface area contributed by atoms with Gasteiger partial charge in [-0.3, -0.25) is 10.1 Å². The predicted octanol–water partition coefficient (Wildman–Crippen LogP) is 6.40. The summed E-state index contributed by atoms with van der Waals surface area (Å²) in [4.78, 5) is 11.1. The number of hydrogen-bond acceptors (Lipinski definition) is 4. The Hall–Kier alpha value is -4.02. The molecule has 2 unspecified atom stereocenters. The fourth-order valence-electron chi connectivity index (χ4n) is 4.21. The molecule has 1 aliphatic heterocycles. The van der Waals surface area contributed by atoms with Crippen LogP contribution in [-0.2, 0) is 16.8 Å². The van der Waals surface area contributed by atoms with E-state index in [0.717, 1.165) is 16.5 Å². The maximum Gasteiger partial charge on any atom is 0.291 e. The minimum atomic E-state index is -1.95. The molecule has 1 N–H and O–H groups in total. The lowest BCUT2D eigenvalue weighted by Gasteiger charge is -2.24. The summed E-state index contributed by atoms with van der Waals surface area (Å²) in [6.45, 7) is 0. The Balaban J connectivity index is 1.61. The number of halogens is 3. The highest BCUT2D eigenvalue weighted by Crippen LogP contribution is 2.42. The van der Waals surface area contributed by atoms with Crippen molar-refractivity contribution in [2.24, 2.45) is 0 Å². The summed E-state index contributed by atoms with van der Waals surface area (Å²) >= 11 is -1.95. The Morgan fingerprint density at radius 2 is 1.58 bits per heavy atom. The third kappa shape index (κ3) is 4.36. The molecule has 4 aromatic carbocycles. The van der Waals surface area contributed by atoms with Crippen molar-refractivity contribution in [2.45, 2.75) is 11.9 Å². The van der Waals surface area contributed by atoms with E-state index in [1.54, 1.807) is 36.4 Å². The van der Waals surface area contributed by atoms with Crippen molar-refractivity contribution >= 4 is 27.9 Å². The Bertz CT molecular complexity index is 1590. The first kappa shape index (κ1) is 23.7. The zero-order valence-corrected chi connectivity index (χ0v) is 19.1. The van der Waals surface area contributed by atoms with Gasteiger partial charge in [0.2, 0.25) is 6.10 Å². The summed E-state index contributed by atoms with van der Waals surface area (Å²) in [7, 11) is 0. The van der Waals surface area contributed by atoms with Crippen molar-refractivity contribution in [3.8, 4) is 16.9 Å². The molecule has 0 spiro atoms. The highest BCUT2D eigenvalue weighted by molar-refractivity contribution is 7.78. The molecule has 0 aromatic heterocycles. The van der Waals surface area contributed by atoms with Gasteiger partial charge in [0.25, 0.3) is 5.70 Å². The molecular formula is C26H16F3NO5S. The maximum absolute atomic E-state index is 14.5. The second-order valence-electron chi connectivity index (χ2n) is 8.19. The van der Waals surface area contributed by atoms with E-state index in [9.17, 15) is 27.5 Å². The van der Waals surface area contributed by atoms with E-state index in [0.29, 0.717) is 28.6 Å². The van der Waals surface area contributed by atoms with Crippen molar-refractivity contribution in [1.29, 1.82) is 0 Å². The van der Waals surface area contributed by atoms with Crippen LogP contribution in [0.5, 0.6) is 5.75 Å². The average Bonchev–Trinajstić information content (AvgIpc) is 2.85. The normalized spacial score (nSPS) is 15.7. The Morgan fingerprint density at radius 1 is 0.917 bits per heavy atom. The van der Waals surface area contributed by atoms with E-state index in [1.807, 2.05) is 18.2 Å². The van der Waals surface area contributed by atoms with E-state index in [1.165, 1.54) is 6.08 Å². The minimum Gasteiger partial charge on any atom is -0.474 e. The van der Waals surface area contributed by atoms with Crippen LogP contribution < -0.4 is 4.74 Å². The molecule has 6 nitrogen and oxygen atoms in total. The van der Waals surface area contributed by atoms with Crippen LogP contribution >= 0.6 is 0 Å². The minimum absolute atomic E-state index is 0.0109. The van der Waals surface area contributed by atoms with Gasteiger partial charge in [-0.05, 0) is 45.7 Å². The Labute approximate surface area is 205 Å². The number of hydrogen-bond donors (Lipinski definition) is 1. The smallest absolute Gasteiger partial charge is 0.291 e. The number of rotatable bonds is 5. The molecule has 182 valence electrons. The van der Waals surface area contributed by atoms with Gasteiger partial charge in [0.15, 0.2) is 22.7 Å². The van der Waals surface area contributed by atoms with Crippen molar-refractivity contribution < 1.29 is 31.6 Å². The first-order valence-corrected chi connectivity index (χ1v) is 11.9. The Morgan fingerprint density at radius 3 is 2.28 bits per heavy atom. The van der Waals surface area contributed by atoms with Gasteiger partial charge in [0.05, 0.1) is 10.7 Å². The molecular weight excluding hydrogens is 495 g/mol. The van der Waals surface area contributed by atoms with Crippen LogP contribution in [0.2, 0.25) is 0 Å². The van der Waals surface area contributed by atoms with Crippen LogP contribution in [-0.4, -0.2) is 13.7 Å². The molecule has 2 atom stereocenters. The fourth-order valence-corrected chi connectivity index (χ4v) is 4.69. The SMILES string of the molecule is O=[N+]([O-])C1=Cc2c(ccc3ccc(-c4ccc(CS(=O)O)cc4)cc23)OC1c1cc(F)c(F)cc1F. The van der Waals surface area contributed by atoms with E-state index in [2.05, 4.69) is 0 Å². The molecule has 0 amide bonds. The van der Waals surface area contributed by atoms with Gasteiger partial charge in [0, 0.05) is 23.3 Å². The molecule has 36 heavy (non-hydrogen) atoms. The average molecular weight is 511 g/mol. The molecule has 0 radical (unpaired) electrons. The van der Waals surface area contributed by atoms with Gasteiger partial charge in [-0.15, -0.1) is 0 Å². The molecule has 0 bridgehead atoms. The third-order valence-electron chi connectivity index (χ3n) is 5.94. The number of benzene rings is 4. The molecule has 10 heteroatoms. The first-order chi connectivity index (χ1) is 17.2. The van der Waals surface area contributed by atoms with Gasteiger partial charge < -0.3 is 9.29 Å². The van der Waals surface area contributed by atoms with Crippen LogP contribution in [0.4, 0.5) is 13.2 Å². The lowest BCUT2D eigenvalue weighted by molar-refractivity contribution is -0.434. The van der Waals surface area contributed by atoms with Crippen LogP contribution in [0.15, 0.2) is 72.4 Å². The first-order valence-electron chi connectivity index (χ1n) is 10.6. The molecule has 0 fully saturated rings. The highest BCUT2D eigenvalue weighted by Gasteiger charge is 2.36. The summed E-state index contributed by atoms with van der Waals surface area (Å²) in [5.74, 6) is -3.68. The van der Waals surface area contributed by atoms with E-state index < -0.39 is 50.8 Å². The lowest BCUT2D eigenvalue weighted by atomic mass is 9.94. The van der Waals surface area contributed by atoms with Crippen LogP contribution in [0, 0.1) is 27.6 Å². The molecule has 1 aliphatic rings. The van der Waals surface area contributed by atoms with Crippen LogP contribution in [0.25, 0.3) is 28.0 Å². The van der Waals surface area contributed by atoms with Gasteiger partial charge in [0.1, 0.15) is 11.6 Å². The van der Waals surface area contributed by atoms with Crippen LogP contribution in [0.3, 0.4) is 0 Å². The molecule has 0 aliphatic carbocycles. The number of nitrogens with zero attached hydrogens (tertiary/aromatic N) is 1. The molecule has 5 rings (SSSR count). The van der Waals surface area contributed by atoms with Gasteiger partial charge in [-0.1, -0.05) is 42.5 Å². The van der Waals surface area contributed by atoms with Crippen molar-refractivity contribution in [3.05, 3.63) is 117 Å². The number of ether oxygens (including phenoxy) is 1. The van der Waals surface area contributed by atoms with Gasteiger partial charge >= 0.3 is 0 Å². The topological polar surface area (TPSA) is 89.7 Å². The maximum atomic E-state index is 14.5. The van der Waals surface area contributed by atoms with Crippen molar-refractivity contribution in [3.63, 3.8) is 0 Å². The van der Waals surface area contributed by atoms with E-state index in [4.69, 9.17) is 9.29 Å². The van der Waals surface area contributed by atoms with E-state index in [-0.39, 0.29) is 11.5 Å². The van der Waals surface area contributed by atoms with Crippen molar-refractivity contribution in [1.82, 2.24) is 0 Å². The van der Waals surface area contributed by atoms with Crippen molar-refractivity contribution in [2.75, 3.05) is 0 Å².